The molecule has 1 aromatic carbocycles. The number of pyridine rings is 1. The van der Waals surface area contributed by atoms with Crippen molar-refractivity contribution in [2.24, 2.45) is 0 Å². The van der Waals surface area contributed by atoms with Crippen LogP contribution in [0.15, 0.2) is 36.7 Å². The molecular weight excluding hydrogens is 258 g/mol. The van der Waals surface area contributed by atoms with E-state index < -0.39 is 11.6 Å². The third kappa shape index (κ3) is 2.66. The van der Waals surface area contributed by atoms with Crippen LogP contribution in [0.25, 0.3) is 0 Å². The van der Waals surface area contributed by atoms with Crippen molar-refractivity contribution in [3.63, 3.8) is 0 Å². The molecule has 0 saturated heterocycles. The van der Waals surface area contributed by atoms with E-state index in [2.05, 4.69) is 10.3 Å². The average molecular weight is 269 g/mol. The molecule has 0 fully saturated rings. The van der Waals surface area contributed by atoms with Crippen LogP contribution in [-0.4, -0.2) is 12.0 Å². The minimum Gasteiger partial charge on any atom is -0.309 e. The van der Waals surface area contributed by atoms with E-state index in [1.165, 1.54) is 18.3 Å². The van der Waals surface area contributed by atoms with Crippen LogP contribution in [0.1, 0.15) is 17.2 Å². The monoisotopic (exact) mass is 268 g/mol. The average Bonchev–Trinajstić information content (AvgIpc) is 2.31. The Morgan fingerprint density at radius 3 is 2.44 bits per heavy atom. The standard InChI is InChI=1S/C13H11ClF2N2/c1-17-13(11-2-3-18-7-12(11)14)8-4-9(15)6-10(16)5-8/h2-7,13,17H,1H3. The maximum absolute atomic E-state index is 13.2. The van der Waals surface area contributed by atoms with Crippen molar-refractivity contribution in [2.45, 2.75) is 6.04 Å². The maximum atomic E-state index is 13.2. The van der Waals surface area contributed by atoms with Crippen LogP contribution in [0.5, 0.6) is 0 Å². The third-order valence-electron chi connectivity index (χ3n) is 2.62. The first-order chi connectivity index (χ1) is 8.61. The van der Waals surface area contributed by atoms with Gasteiger partial charge in [-0.25, -0.2) is 8.78 Å². The lowest BCUT2D eigenvalue weighted by molar-refractivity contribution is 0.571. The van der Waals surface area contributed by atoms with Crippen molar-refractivity contribution < 1.29 is 8.78 Å². The van der Waals surface area contributed by atoms with Crippen LogP contribution >= 0.6 is 11.6 Å². The highest BCUT2D eigenvalue weighted by atomic mass is 35.5. The Balaban J connectivity index is 2.48. The quantitative estimate of drug-likeness (QED) is 0.924. The smallest absolute Gasteiger partial charge is 0.126 e. The summed E-state index contributed by atoms with van der Waals surface area (Å²) in [5.41, 5.74) is 1.20. The number of nitrogens with one attached hydrogen (secondary N) is 1. The molecular formula is C13H11ClF2N2. The van der Waals surface area contributed by atoms with Crippen molar-refractivity contribution in [3.05, 3.63) is 64.4 Å². The molecule has 1 aromatic heterocycles. The van der Waals surface area contributed by atoms with E-state index in [9.17, 15) is 8.78 Å². The van der Waals surface area contributed by atoms with Crippen LogP contribution in [-0.2, 0) is 0 Å². The number of rotatable bonds is 3. The molecule has 2 rings (SSSR count). The predicted octanol–water partition coefficient (Wildman–Crippen LogP) is 3.32. The highest BCUT2D eigenvalue weighted by Gasteiger charge is 2.16. The molecule has 0 amide bonds. The highest BCUT2D eigenvalue weighted by Crippen LogP contribution is 2.28. The number of hydrogen-bond acceptors (Lipinski definition) is 2. The lowest BCUT2D eigenvalue weighted by Gasteiger charge is -2.18. The first kappa shape index (κ1) is 12.9. The van der Waals surface area contributed by atoms with E-state index in [1.807, 2.05) is 0 Å². The van der Waals surface area contributed by atoms with Gasteiger partial charge < -0.3 is 5.32 Å². The maximum Gasteiger partial charge on any atom is 0.126 e. The van der Waals surface area contributed by atoms with Gasteiger partial charge in [-0.15, -0.1) is 0 Å². The van der Waals surface area contributed by atoms with Gasteiger partial charge in [0, 0.05) is 18.5 Å². The van der Waals surface area contributed by atoms with Crippen molar-refractivity contribution >= 4 is 11.6 Å². The summed E-state index contributed by atoms with van der Waals surface area (Å²) >= 11 is 6.04. The molecule has 0 spiro atoms. The number of aromatic nitrogens is 1. The van der Waals surface area contributed by atoms with Gasteiger partial charge in [0.2, 0.25) is 0 Å². The second-order valence-corrected chi connectivity index (χ2v) is 4.23. The molecule has 94 valence electrons. The Labute approximate surface area is 109 Å². The molecule has 2 nitrogen and oxygen atoms in total. The topological polar surface area (TPSA) is 24.9 Å². The summed E-state index contributed by atoms with van der Waals surface area (Å²) in [6, 6.07) is 4.73. The zero-order chi connectivity index (χ0) is 13.1. The molecule has 1 N–H and O–H groups in total. The van der Waals surface area contributed by atoms with Gasteiger partial charge in [0.25, 0.3) is 0 Å². The summed E-state index contributed by atoms with van der Waals surface area (Å²) in [4.78, 5) is 3.88. The number of benzene rings is 1. The van der Waals surface area contributed by atoms with Gasteiger partial charge in [0.05, 0.1) is 11.1 Å². The van der Waals surface area contributed by atoms with Crippen molar-refractivity contribution in [3.8, 4) is 0 Å². The predicted molar refractivity (Wildman–Crippen MR) is 66.5 cm³/mol. The molecule has 0 radical (unpaired) electrons. The zero-order valence-corrected chi connectivity index (χ0v) is 10.4. The first-order valence-corrected chi connectivity index (χ1v) is 5.72. The van der Waals surface area contributed by atoms with E-state index in [0.29, 0.717) is 10.6 Å². The van der Waals surface area contributed by atoms with Crippen LogP contribution in [0.4, 0.5) is 8.78 Å². The van der Waals surface area contributed by atoms with E-state index in [0.717, 1.165) is 11.6 Å². The summed E-state index contributed by atoms with van der Waals surface area (Å²) in [5.74, 6) is -1.23. The minimum absolute atomic E-state index is 0.384. The van der Waals surface area contributed by atoms with Crippen LogP contribution in [0.3, 0.4) is 0 Å². The number of hydrogen-bond donors (Lipinski definition) is 1. The van der Waals surface area contributed by atoms with Gasteiger partial charge in [-0.3, -0.25) is 4.98 Å². The molecule has 0 saturated carbocycles. The van der Waals surface area contributed by atoms with Gasteiger partial charge in [0.15, 0.2) is 0 Å². The van der Waals surface area contributed by atoms with Gasteiger partial charge >= 0.3 is 0 Å². The number of halogens is 3. The summed E-state index contributed by atoms with van der Waals surface area (Å²) < 4.78 is 26.5. The molecule has 0 aliphatic heterocycles. The fraction of sp³-hybridized carbons (Fsp3) is 0.154. The van der Waals surface area contributed by atoms with Gasteiger partial charge in [-0.1, -0.05) is 11.6 Å². The molecule has 18 heavy (non-hydrogen) atoms. The van der Waals surface area contributed by atoms with Crippen molar-refractivity contribution in [2.75, 3.05) is 7.05 Å². The van der Waals surface area contributed by atoms with E-state index in [-0.39, 0.29) is 6.04 Å². The Kier molecular flexibility index (Phi) is 3.89. The first-order valence-electron chi connectivity index (χ1n) is 5.34. The molecule has 5 heteroatoms. The molecule has 2 aromatic rings. The fourth-order valence-corrected chi connectivity index (χ4v) is 2.09. The Bertz CT molecular complexity index is 540. The summed E-state index contributed by atoms with van der Waals surface area (Å²) in [6.07, 6.45) is 3.08. The molecule has 0 aliphatic carbocycles. The Morgan fingerprint density at radius 2 is 1.89 bits per heavy atom. The van der Waals surface area contributed by atoms with Gasteiger partial charge in [0.1, 0.15) is 11.6 Å². The molecule has 0 bridgehead atoms. The fourth-order valence-electron chi connectivity index (χ4n) is 1.86. The summed E-state index contributed by atoms with van der Waals surface area (Å²) in [6.45, 7) is 0. The Hall–Kier alpha value is -1.52. The van der Waals surface area contributed by atoms with Crippen LogP contribution < -0.4 is 5.32 Å². The molecule has 1 heterocycles. The van der Waals surface area contributed by atoms with Crippen LogP contribution in [0.2, 0.25) is 5.02 Å². The van der Waals surface area contributed by atoms with Crippen LogP contribution in [0, 0.1) is 11.6 Å². The van der Waals surface area contributed by atoms with Crippen molar-refractivity contribution in [1.82, 2.24) is 10.3 Å². The third-order valence-corrected chi connectivity index (χ3v) is 2.94. The lowest BCUT2D eigenvalue weighted by atomic mass is 9.99. The zero-order valence-electron chi connectivity index (χ0n) is 9.62. The molecule has 1 atom stereocenters. The van der Waals surface area contributed by atoms with E-state index in [1.54, 1.807) is 19.3 Å². The minimum atomic E-state index is -0.615. The van der Waals surface area contributed by atoms with Crippen molar-refractivity contribution in [1.29, 1.82) is 0 Å². The second-order valence-electron chi connectivity index (χ2n) is 3.82. The van der Waals surface area contributed by atoms with E-state index in [4.69, 9.17) is 11.6 Å². The molecule has 0 aliphatic rings. The molecule has 1 unspecified atom stereocenters. The Morgan fingerprint density at radius 1 is 1.22 bits per heavy atom. The normalized spacial score (nSPS) is 12.4. The SMILES string of the molecule is CNC(c1cc(F)cc(F)c1)c1ccncc1Cl. The lowest BCUT2D eigenvalue weighted by Crippen LogP contribution is -2.18. The largest absolute Gasteiger partial charge is 0.309 e. The number of nitrogens with zero attached hydrogens (tertiary/aromatic N) is 1. The van der Waals surface area contributed by atoms with E-state index >= 15 is 0 Å². The highest BCUT2D eigenvalue weighted by molar-refractivity contribution is 6.31. The van der Waals surface area contributed by atoms with Gasteiger partial charge in [-0.2, -0.15) is 0 Å². The summed E-state index contributed by atoms with van der Waals surface area (Å²) in [7, 11) is 1.70. The van der Waals surface area contributed by atoms with Gasteiger partial charge in [-0.05, 0) is 36.4 Å². The summed E-state index contributed by atoms with van der Waals surface area (Å²) in [5, 5.41) is 3.43. The second kappa shape index (κ2) is 5.42.